The van der Waals surface area contributed by atoms with Gasteiger partial charge in [0.05, 0.1) is 6.61 Å². The topological polar surface area (TPSA) is 29.5 Å². The van der Waals surface area contributed by atoms with Crippen molar-refractivity contribution in [3.8, 4) is 18.1 Å². The molecule has 0 fully saturated rings. The van der Waals surface area contributed by atoms with Gasteiger partial charge in [-0.25, -0.2) is 0 Å². The Hall–Kier alpha value is -1.46. The maximum Gasteiger partial charge on any atom is 0.148 e. The number of rotatable bonds is 3. The SMILES string of the molecule is C#CCOc1ccccc1CO. The predicted molar refractivity (Wildman–Crippen MR) is 46.7 cm³/mol. The fourth-order valence-corrected chi connectivity index (χ4v) is 0.895. The summed E-state index contributed by atoms with van der Waals surface area (Å²) in [4.78, 5) is 0. The third-order valence-electron chi connectivity index (χ3n) is 1.45. The van der Waals surface area contributed by atoms with Crippen LogP contribution in [0, 0.1) is 12.3 Å². The number of aliphatic hydroxyl groups is 1. The number of benzene rings is 1. The van der Waals surface area contributed by atoms with Crippen molar-refractivity contribution in [2.75, 3.05) is 6.61 Å². The van der Waals surface area contributed by atoms with Gasteiger partial charge in [0, 0.05) is 5.56 Å². The van der Waals surface area contributed by atoms with Crippen molar-refractivity contribution < 1.29 is 9.84 Å². The lowest BCUT2D eigenvalue weighted by molar-refractivity contribution is 0.270. The summed E-state index contributed by atoms with van der Waals surface area (Å²) >= 11 is 0. The fourth-order valence-electron chi connectivity index (χ4n) is 0.895. The monoisotopic (exact) mass is 162 g/mol. The van der Waals surface area contributed by atoms with Crippen LogP contribution in [-0.2, 0) is 6.61 Å². The summed E-state index contributed by atoms with van der Waals surface area (Å²) in [6, 6.07) is 7.26. The molecule has 1 N–H and O–H groups in total. The van der Waals surface area contributed by atoms with Crippen molar-refractivity contribution in [1.29, 1.82) is 0 Å². The molecule has 0 atom stereocenters. The largest absolute Gasteiger partial charge is 0.481 e. The van der Waals surface area contributed by atoms with Gasteiger partial charge in [0.2, 0.25) is 0 Å². The molecule has 1 aromatic rings. The Balaban J connectivity index is 2.76. The van der Waals surface area contributed by atoms with Gasteiger partial charge in [-0.15, -0.1) is 6.42 Å². The van der Waals surface area contributed by atoms with E-state index in [4.69, 9.17) is 16.3 Å². The molecule has 0 spiro atoms. The summed E-state index contributed by atoms with van der Waals surface area (Å²) in [7, 11) is 0. The van der Waals surface area contributed by atoms with Crippen LogP contribution in [0.3, 0.4) is 0 Å². The molecule has 0 saturated heterocycles. The summed E-state index contributed by atoms with van der Waals surface area (Å²) in [6.07, 6.45) is 5.03. The van der Waals surface area contributed by atoms with Crippen LogP contribution in [-0.4, -0.2) is 11.7 Å². The molecule has 0 aliphatic heterocycles. The standard InChI is InChI=1S/C10H10O2/c1-2-7-12-10-6-4-3-5-9(10)8-11/h1,3-6,11H,7-8H2. The molecule has 0 aromatic heterocycles. The highest BCUT2D eigenvalue weighted by Gasteiger charge is 1.98. The maximum absolute atomic E-state index is 8.89. The third kappa shape index (κ3) is 2.01. The first-order valence-corrected chi connectivity index (χ1v) is 3.63. The van der Waals surface area contributed by atoms with Gasteiger partial charge in [0.25, 0.3) is 0 Å². The summed E-state index contributed by atoms with van der Waals surface area (Å²) in [6.45, 7) is 0.206. The highest BCUT2D eigenvalue weighted by molar-refractivity contribution is 5.32. The van der Waals surface area contributed by atoms with Crippen LogP contribution in [0.4, 0.5) is 0 Å². The minimum atomic E-state index is -0.0270. The lowest BCUT2D eigenvalue weighted by atomic mass is 10.2. The highest BCUT2D eigenvalue weighted by atomic mass is 16.5. The number of terminal acetylenes is 1. The van der Waals surface area contributed by atoms with Crippen molar-refractivity contribution in [2.24, 2.45) is 0 Å². The lowest BCUT2D eigenvalue weighted by Gasteiger charge is -2.05. The number of hydrogen-bond acceptors (Lipinski definition) is 2. The molecule has 2 nitrogen and oxygen atoms in total. The molecule has 0 radical (unpaired) electrons. The zero-order chi connectivity index (χ0) is 8.81. The van der Waals surface area contributed by atoms with E-state index in [-0.39, 0.29) is 13.2 Å². The molecular weight excluding hydrogens is 152 g/mol. The maximum atomic E-state index is 8.89. The van der Waals surface area contributed by atoms with Crippen molar-refractivity contribution in [3.05, 3.63) is 29.8 Å². The first-order chi connectivity index (χ1) is 5.88. The van der Waals surface area contributed by atoms with E-state index in [0.717, 1.165) is 5.56 Å². The average Bonchev–Trinajstić information content (AvgIpc) is 2.15. The van der Waals surface area contributed by atoms with Gasteiger partial charge in [-0.2, -0.15) is 0 Å². The van der Waals surface area contributed by atoms with Crippen LogP contribution in [0.2, 0.25) is 0 Å². The molecule has 1 rings (SSSR count). The second-order valence-electron chi connectivity index (χ2n) is 2.26. The first kappa shape index (κ1) is 8.63. The molecule has 0 unspecified atom stereocenters. The predicted octanol–water partition coefficient (Wildman–Crippen LogP) is 1.19. The number of ether oxygens (including phenoxy) is 1. The quantitative estimate of drug-likeness (QED) is 0.676. The molecule has 1 aromatic carbocycles. The Morgan fingerprint density at radius 2 is 2.17 bits per heavy atom. The van der Waals surface area contributed by atoms with E-state index in [2.05, 4.69) is 5.92 Å². The Kier molecular flexibility index (Phi) is 3.18. The Morgan fingerprint density at radius 1 is 1.42 bits per heavy atom. The summed E-state index contributed by atoms with van der Waals surface area (Å²) in [5, 5.41) is 8.89. The van der Waals surface area contributed by atoms with Gasteiger partial charge in [-0.05, 0) is 6.07 Å². The van der Waals surface area contributed by atoms with Crippen molar-refractivity contribution in [2.45, 2.75) is 6.61 Å². The number of aliphatic hydroxyl groups excluding tert-OH is 1. The van der Waals surface area contributed by atoms with Crippen LogP contribution in [0.5, 0.6) is 5.75 Å². The van der Waals surface area contributed by atoms with Crippen LogP contribution >= 0.6 is 0 Å². The molecule has 0 bridgehead atoms. The van der Waals surface area contributed by atoms with E-state index < -0.39 is 0 Å². The van der Waals surface area contributed by atoms with E-state index >= 15 is 0 Å². The van der Waals surface area contributed by atoms with E-state index in [1.165, 1.54) is 0 Å². The van der Waals surface area contributed by atoms with E-state index in [1.54, 1.807) is 12.1 Å². The molecular formula is C10H10O2. The zero-order valence-corrected chi connectivity index (χ0v) is 6.66. The van der Waals surface area contributed by atoms with Crippen LogP contribution in [0.15, 0.2) is 24.3 Å². The molecule has 2 heteroatoms. The smallest absolute Gasteiger partial charge is 0.148 e. The first-order valence-electron chi connectivity index (χ1n) is 3.63. The minimum absolute atomic E-state index is 0.0270. The third-order valence-corrected chi connectivity index (χ3v) is 1.45. The Morgan fingerprint density at radius 3 is 2.83 bits per heavy atom. The Bertz CT molecular complexity index is 286. The van der Waals surface area contributed by atoms with Gasteiger partial charge in [0.1, 0.15) is 12.4 Å². The molecule has 0 saturated carbocycles. The summed E-state index contributed by atoms with van der Waals surface area (Å²) in [5.41, 5.74) is 0.757. The zero-order valence-electron chi connectivity index (χ0n) is 6.66. The molecule has 0 aliphatic rings. The van der Waals surface area contributed by atoms with Crippen LogP contribution in [0.1, 0.15) is 5.56 Å². The number of hydrogen-bond donors (Lipinski definition) is 1. The van der Waals surface area contributed by atoms with Gasteiger partial charge >= 0.3 is 0 Å². The van der Waals surface area contributed by atoms with E-state index in [9.17, 15) is 0 Å². The molecule has 12 heavy (non-hydrogen) atoms. The van der Waals surface area contributed by atoms with E-state index in [0.29, 0.717) is 5.75 Å². The normalized spacial score (nSPS) is 9.00. The van der Waals surface area contributed by atoms with Crippen LogP contribution < -0.4 is 4.74 Å². The van der Waals surface area contributed by atoms with Crippen molar-refractivity contribution in [3.63, 3.8) is 0 Å². The highest BCUT2D eigenvalue weighted by Crippen LogP contribution is 2.16. The van der Waals surface area contributed by atoms with Gasteiger partial charge in [-0.3, -0.25) is 0 Å². The van der Waals surface area contributed by atoms with E-state index in [1.807, 2.05) is 12.1 Å². The average molecular weight is 162 g/mol. The second-order valence-corrected chi connectivity index (χ2v) is 2.26. The van der Waals surface area contributed by atoms with Crippen molar-refractivity contribution >= 4 is 0 Å². The molecule has 0 heterocycles. The second kappa shape index (κ2) is 4.42. The van der Waals surface area contributed by atoms with Crippen molar-refractivity contribution in [1.82, 2.24) is 0 Å². The van der Waals surface area contributed by atoms with Gasteiger partial charge in [0.15, 0.2) is 0 Å². The minimum Gasteiger partial charge on any atom is -0.481 e. The van der Waals surface area contributed by atoms with Crippen LogP contribution in [0.25, 0.3) is 0 Å². The summed E-state index contributed by atoms with van der Waals surface area (Å²) in [5.74, 6) is 3.01. The molecule has 0 aliphatic carbocycles. The Labute approximate surface area is 71.8 Å². The summed E-state index contributed by atoms with van der Waals surface area (Å²) < 4.78 is 5.18. The van der Waals surface area contributed by atoms with Gasteiger partial charge in [-0.1, -0.05) is 24.1 Å². The fraction of sp³-hybridized carbons (Fsp3) is 0.200. The number of para-hydroxylation sites is 1. The molecule has 0 amide bonds. The van der Waals surface area contributed by atoms with Gasteiger partial charge < -0.3 is 9.84 Å². The lowest BCUT2D eigenvalue weighted by Crippen LogP contribution is -1.97. The molecule has 62 valence electrons.